The molecule has 0 aliphatic carbocycles. The molecule has 0 unspecified atom stereocenters. The topological polar surface area (TPSA) is 167 Å². The minimum absolute atomic E-state index is 0.0348. The molecule has 1 atom stereocenters. The molecule has 19 heteroatoms. The summed E-state index contributed by atoms with van der Waals surface area (Å²) in [6.07, 6.45) is -2.45. The van der Waals surface area contributed by atoms with E-state index in [1.807, 2.05) is 24.3 Å². The van der Waals surface area contributed by atoms with Gasteiger partial charge in [0, 0.05) is 83.6 Å². The Bertz CT molecular complexity index is 1960. The van der Waals surface area contributed by atoms with Crippen LogP contribution in [0.25, 0.3) is 0 Å². The third kappa shape index (κ3) is 11.7. The Labute approximate surface area is 370 Å². The van der Waals surface area contributed by atoms with Crippen LogP contribution in [0.5, 0.6) is 0 Å². The second-order valence-corrected chi connectivity index (χ2v) is 17.5. The number of fused-ring (bicyclic) bond motifs is 1. The van der Waals surface area contributed by atoms with Crippen molar-refractivity contribution in [2.24, 2.45) is 11.8 Å². The zero-order chi connectivity index (χ0) is 44.7. The van der Waals surface area contributed by atoms with Crippen molar-refractivity contribution in [2.45, 2.75) is 76.1 Å². The van der Waals surface area contributed by atoms with Gasteiger partial charge >= 0.3 is 30.2 Å². The lowest BCUT2D eigenvalue weighted by Crippen LogP contribution is -2.52. The number of nitrogens with one attached hydrogen (secondary N) is 1. The third-order valence-electron chi connectivity index (χ3n) is 13.2. The van der Waals surface area contributed by atoms with E-state index in [-0.39, 0.29) is 60.6 Å². The Hall–Kier alpha value is -4.81. The molecule has 0 radical (unpaired) electrons. The molecule has 2 aromatic carbocycles. The SMILES string of the molecule is Nc1c(Cl)cc(C[C@@H](OC(=O)N2CCC(N3CCc4ccccc4NC3=O)CC2)C(=O)N2CCC(C3CCN(C(=O)C(=O)OCCCN4CCOCC4)CC3)CC2)cc1C(F)(F)F. The van der Waals surface area contributed by atoms with Crippen molar-refractivity contribution in [3.8, 4) is 0 Å². The molecule has 5 amide bonds. The highest BCUT2D eigenvalue weighted by molar-refractivity contribution is 6.33. The van der Waals surface area contributed by atoms with Crippen molar-refractivity contribution >= 4 is 52.9 Å². The summed E-state index contributed by atoms with van der Waals surface area (Å²) in [5.41, 5.74) is 5.76. The summed E-state index contributed by atoms with van der Waals surface area (Å²) in [5, 5.41) is 2.65. The van der Waals surface area contributed by atoms with Crippen LogP contribution < -0.4 is 11.1 Å². The average Bonchev–Trinajstić information content (AvgIpc) is 3.46. The molecule has 5 aliphatic rings. The number of hydrogen-bond donors (Lipinski definition) is 2. The number of esters is 1. The highest BCUT2D eigenvalue weighted by Crippen LogP contribution is 2.39. The summed E-state index contributed by atoms with van der Waals surface area (Å²) in [6.45, 7) is 6.53. The first-order valence-corrected chi connectivity index (χ1v) is 22.4. The predicted molar refractivity (Wildman–Crippen MR) is 227 cm³/mol. The first kappa shape index (κ1) is 46.2. The smallest absolute Gasteiger partial charge is 0.418 e. The molecular formula is C44H57ClF3N7O8. The van der Waals surface area contributed by atoms with Gasteiger partial charge in [-0.05, 0) is 92.5 Å². The van der Waals surface area contributed by atoms with Crippen LogP contribution >= 0.6 is 11.6 Å². The van der Waals surface area contributed by atoms with E-state index < -0.39 is 47.4 Å². The predicted octanol–water partition coefficient (Wildman–Crippen LogP) is 5.29. The summed E-state index contributed by atoms with van der Waals surface area (Å²) in [7, 11) is 0. The number of rotatable bonds is 10. The van der Waals surface area contributed by atoms with E-state index in [0.29, 0.717) is 97.3 Å². The highest BCUT2D eigenvalue weighted by atomic mass is 35.5. The molecule has 0 spiro atoms. The summed E-state index contributed by atoms with van der Waals surface area (Å²) in [4.78, 5) is 75.1. The number of nitrogen functional groups attached to an aromatic ring is 1. The molecule has 0 aromatic heterocycles. The Kier molecular flexibility index (Phi) is 15.2. The quantitative estimate of drug-likeness (QED) is 0.139. The van der Waals surface area contributed by atoms with Crippen LogP contribution in [0.3, 0.4) is 0 Å². The number of ether oxygens (including phenoxy) is 3. The molecule has 344 valence electrons. The normalized spacial score (nSPS) is 20.4. The van der Waals surface area contributed by atoms with Crippen LogP contribution in [0.1, 0.15) is 61.6 Å². The van der Waals surface area contributed by atoms with E-state index in [2.05, 4.69) is 10.2 Å². The number of piperidine rings is 3. The van der Waals surface area contributed by atoms with E-state index in [1.165, 1.54) is 11.0 Å². The van der Waals surface area contributed by atoms with Crippen LogP contribution in [0.2, 0.25) is 5.02 Å². The molecule has 0 saturated carbocycles. The molecule has 0 bridgehead atoms. The van der Waals surface area contributed by atoms with Gasteiger partial charge in [0.25, 0.3) is 5.91 Å². The van der Waals surface area contributed by atoms with Gasteiger partial charge in [0.2, 0.25) is 0 Å². The fourth-order valence-corrected chi connectivity index (χ4v) is 9.79. The highest BCUT2D eigenvalue weighted by Gasteiger charge is 2.39. The molecular weight excluding hydrogens is 847 g/mol. The van der Waals surface area contributed by atoms with Crippen LogP contribution in [-0.2, 0) is 47.6 Å². The number of carbonyl (C=O) groups excluding carboxylic acids is 5. The van der Waals surface area contributed by atoms with E-state index in [1.54, 1.807) is 14.7 Å². The van der Waals surface area contributed by atoms with Gasteiger partial charge < -0.3 is 44.9 Å². The minimum Gasteiger partial charge on any atom is -0.458 e. The number of nitrogens with zero attached hydrogens (tertiary/aromatic N) is 5. The number of hydrogen-bond acceptors (Lipinski definition) is 10. The van der Waals surface area contributed by atoms with E-state index in [4.69, 9.17) is 31.5 Å². The van der Waals surface area contributed by atoms with E-state index in [0.717, 1.165) is 37.0 Å². The number of morpholine rings is 1. The number of alkyl halides is 3. The van der Waals surface area contributed by atoms with Gasteiger partial charge in [-0.3, -0.25) is 14.5 Å². The van der Waals surface area contributed by atoms with Gasteiger partial charge in [0.05, 0.1) is 36.1 Å². The number of anilines is 2. The Morgan fingerprint density at radius 2 is 1.49 bits per heavy atom. The maximum Gasteiger partial charge on any atom is 0.418 e. The molecule has 4 fully saturated rings. The maximum atomic E-state index is 14.2. The fraction of sp³-hybridized carbons (Fsp3) is 0.614. The van der Waals surface area contributed by atoms with Crippen molar-refractivity contribution in [1.82, 2.24) is 24.5 Å². The summed E-state index contributed by atoms with van der Waals surface area (Å²) < 4.78 is 58.4. The summed E-state index contributed by atoms with van der Waals surface area (Å²) >= 11 is 6.15. The fourth-order valence-electron chi connectivity index (χ4n) is 9.55. The van der Waals surface area contributed by atoms with Gasteiger partial charge in [0.15, 0.2) is 6.10 Å². The van der Waals surface area contributed by atoms with Crippen LogP contribution in [-0.4, -0.2) is 152 Å². The standard InChI is InChI=1S/C44H57ClF3N7O8/c45-35-27-29(26-34(38(35)49)44(46,47)48)28-37(63-43(60)54-18-11-33(12-19-54)55-20-10-32-4-1-2-5-36(32)50-42(55)59)39(56)52-14-6-30(7-15-52)31-8-16-53(17-9-31)40(57)41(58)62-23-3-13-51-21-24-61-25-22-51/h1-2,4-5,26-27,30-31,33,37H,3,6-25,28,49H2,(H,50,59)/t37-/m1/s1. The number of carbonyl (C=O) groups is 5. The lowest BCUT2D eigenvalue weighted by atomic mass is 9.78. The van der Waals surface area contributed by atoms with Crippen LogP contribution in [0, 0.1) is 11.8 Å². The molecule has 5 aliphatic heterocycles. The second kappa shape index (κ2) is 20.8. The number of nitrogens with two attached hydrogens (primary N) is 1. The first-order valence-electron chi connectivity index (χ1n) is 22.1. The van der Waals surface area contributed by atoms with E-state index in [9.17, 15) is 37.1 Å². The molecule has 2 aromatic rings. The molecule has 63 heavy (non-hydrogen) atoms. The van der Waals surface area contributed by atoms with Crippen molar-refractivity contribution in [3.63, 3.8) is 0 Å². The number of para-hydroxylation sites is 1. The van der Waals surface area contributed by atoms with Crippen molar-refractivity contribution in [1.29, 1.82) is 0 Å². The lowest BCUT2D eigenvalue weighted by molar-refractivity contribution is -0.161. The average molecular weight is 904 g/mol. The summed E-state index contributed by atoms with van der Waals surface area (Å²) in [5.74, 6) is -1.49. The van der Waals surface area contributed by atoms with Crippen molar-refractivity contribution in [2.75, 3.05) is 96.3 Å². The zero-order valence-electron chi connectivity index (χ0n) is 35.4. The largest absolute Gasteiger partial charge is 0.458 e. The number of likely N-dealkylation sites (tertiary alicyclic amines) is 3. The number of urea groups is 1. The summed E-state index contributed by atoms with van der Waals surface area (Å²) in [6, 6.07) is 9.39. The molecule has 7 rings (SSSR count). The Morgan fingerprint density at radius 1 is 0.857 bits per heavy atom. The minimum atomic E-state index is -4.81. The van der Waals surface area contributed by atoms with Gasteiger partial charge in [-0.2, -0.15) is 13.2 Å². The molecule has 5 heterocycles. The molecule has 3 N–H and O–H groups in total. The second-order valence-electron chi connectivity index (χ2n) is 17.1. The zero-order valence-corrected chi connectivity index (χ0v) is 36.2. The van der Waals surface area contributed by atoms with E-state index >= 15 is 0 Å². The maximum absolute atomic E-state index is 14.2. The third-order valence-corrected chi connectivity index (χ3v) is 13.5. The van der Waals surface area contributed by atoms with Crippen LogP contribution in [0.15, 0.2) is 36.4 Å². The number of amides is 5. The van der Waals surface area contributed by atoms with Gasteiger partial charge in [-0.25, -0.2) is 14.4 Å². The number of halogens is 4. The molecule has 4 saturated heterocycles. The molecule has 15 nitrogen and oxygen atoms in total. The van der Waals surface area contributed by atoms with Crippen molar-refractivity contribution < 1.29 is 51.4 Å². The van der Waals surface area contributed by atoms with Gasteiger partial charge in [-0.15, -0.1) is 0 Å². The van der Waals surface area contributed by atoms with Gasteiger partial charge in [0.1, 0.15) is 0 Å². The number of benzene rings is 2. The Balaban J connectivity index is 0.922. The Morgan fingerprint density at radius 3 is 2.16 bits per heavy atom. The lowest BCUT2D eigenvalue weighted by Gasteiger charge is -2.41. The van der Waals surface area contributed by atoms with Crippen molar-refractivity contribution in [3.05, 3.63) is 58.1 Å². The van der Waals surface area contributed by atoms with Crippen LogP contribution in [0.4, 0.5) is 34.1 Å². The monoisotopic (exact) mass is 903 g/mol. The first-order chi connectivity index (χ1) is 30.2. The van der Waals surface area contributed by atoms with Gasteiger partial charge in [-0.1, -0.05) is 29.8 Å².